The number of aliphatic imine (C=N–C) groups is 1. The van der Waals surface area contributed by atoms with Crippen molar-refractivity contribution in [2.75, 3.05) is 25.9 Å². The van der Waals surface area contributed by atoms with E-state index in [1.165, 1.54) is 0 Å². The van der Waals surface area contributed by atoms with Crippen LogP contribution < -0.4 is 10.6 Å². The van der Waals surface area contributed by atoms with Crippen molar-refractivity contribution in [1.29, 1.82) is 0 Å². The largest absolute Gasteiger partial charge is 0.356 e. The molecule has 0 saturated carbocycles. The first-order valence-corrected chi connectivity index (χ1v) is 7.06. The second-order valence-corrected chi connectivity index (χ2v) is 6.91. The summed E-state index contributed by atoms with van der Waals surface area (Å²) >= 11 is 0. The predicted octanol–water partition coefficient (Wildman–Crippen LogP) is 1.73. The number of hydrogen-bond acceptors (Lipinski definition) is 2. The summed E-state index contributed by atoms with van der Waals surface area (Å²) in [5.74, 6) is 1.43. The Bertz CT molecular complexity index is 252. The van der Waals surface area contributed by atoms with Crippen LogP contribution in [-0.2, 0) is 10.8 Å². The van der Waals surface area contributed by atoms with Gasteiger partial charge in [0.25, 0.3) is 0 Å². The second-order valence-electron chi connectivity index (χ2n) is 4.59. The molecule has 17 heavy (non-hydrogen) atoms. The van der Waals surface area contributed by atoms with Crippen LogP contribution in [0.3, 0.4) is 0 Å². The third kappa shape index (κ3) is 9.82. The van der Waals surface area contributed by atoms with Crippen LogP contribution in [0.4, 0.5) is 0 Å². The highest BCUT2D eigenvalue weighted by atomic mass is 127. The molecule has 0 rings (SSSR count). The molecule has 0 aliphatic rings. The normalized spacial score (nSPS) is 13.8. The van der Waals surface area contributed by atoms with Crippen LogP contribution in [0.1, 0.15) is 34.1 Å². The van der Waals surface area contributed by atoms with Gasteiger partial charge < -0.3 is 10.6 Å². The van der Waals surface area contributed by atoms with Gasteiger partial charge in [0.1, 0.15) is 0 Å². The molecule has 1 unspecified atom stereocenters. The average molecular weight is 375 g/mol. The summed E-state index contributed by atoms with van der Waals surface area (Å²) < 4.78 is 11.6. The number of hydrogen-bond donors (Lipinski definition) is 2. The van der Waals surface area contributed by atoms with Crippen LogP contribution in [0.25, 0.3) is 0 Å². The monoisotopic (exact) mass is 375 g/mol. The minimum Gasteiger partial charge on any atom is -0.356 e. The number of nitrogens with one attached hydrogen (secondary N) is 2. The smallest absolute Gasteiger partial charge is 0.191 e. The van der Waals surface area contributed by atoms with Crippen LogP contribution in [0.5, 0.6) is 0 Å². The first-order valence-electron chi connectivity index (χ1n) is 5.74. The maximum absolute atomic E-state index is 11.8. The summed E-state index contributed by atoms with van der Waals surface area (Å²) in [6.07, 6.45) is 1.06. The molecule has 1 atom stereocenters. The highest BCUT2D eigenvalue weighted by Gasteiger charge is 2.18. The van der Waals surface area contributed by atoms with E-state index in [0.717, 1.165) is 18.9 Å². The zero-order valence-corrected chi connectivity index (χ0v) is 14.6. The predicted molar refractivity (Wildman–Crippen MR) is 87.8 cm³/mol. The first-order chi connectivity index (χ1) is 7.41. The van der Waals surface area contributed by atoms with E-state index in [1.54, 1.807) is 7.05 Å². The topological polar surface area (TPSA) is 53.5 Å². The van der Waals surface area contributed by atoms with Crippen molar-refractivity contribution in [2.24, 2.45) is 4.99 Å². The lowest BCUT2D eigenvalue weighted by Crippen LogP contribution is -2.40. The quantitative estimate of drug-likeness (QED) is 0.437. The van der Waals surface area contributed by atoms with Gasteiger partial charge in [-0.2, -0.15) is 0 Å². The molecule has 0 radical (unpaired) electrons. The lowest BCUT2D eigenvalue weighted by atomic mass is 10.3. The van der Waals surface area contributed by atoms with Crippen molar-refractivity contribution in [3.8, 4) is 0 Å². The van der Waals surface area contributed by atoms with Gasteiger partial charge in [-0.05, 0) is 27.2 Å². The van der Waals surface area contributed by atoms with Gasteiger partial charge in [-0.1, -0.05) is 6.92 Å². The third-order valence-corrected chi connectivity index (χ3v) is 3.97. The zero-order chi connectivity index (χ0) is 12.6. The van der Waals surface area contributed by atoms with Gasteiger partial charge in [0, 0.05) is 41.4 Å². The second kappa shape index (κ2) is 10.1. The maximum atomic E-state index is 11.8. The van der Waals surface area contributed by atoms with Gasteiger partial charge in [-0.15, -0.1) is 24.0 Å². The molecule has 0 amide bonds. The number of halogens is 1. The van der Waals surface area contributed by atoms with Crippen LogP contribution in [0.15, 0.2) is 4.99 Å². The van der Waals surface area contributed by atoms with Crippen molar-refractivity contribution < 1.29 is 4.21 Å². The van der Waals surface area contributed by atoms with Gasteiger partial charge in [-0.3, -0.25) is 9.20 Å². The molecule has 0 aromatic heterocycles. The molecule has 0 aliphatic heterocycles. The molecular formula is C11H26IN3OS. The summed E-state index contributed by atoms with van der Waals surface area (Å²) in [6, 6.07) is 0. The molecule has 4 nitrogen and oxygen atoms in total. The number of guanidine groups is 1. The van der Waals surface area contributed by atoms with Crippen molar-refractivity contribution in [1.82, 2.24) is 10.6 Å². The van der Waals surface area contributed by atoms with Crippen molar-refractivity contribution in [3.63, 3.8) is 0 Å². The molecule has 0 aliphatic carbocycles. The molecule has 0 aromatic carbocycles. The summed E-state index contributed by atoms with van der Waals surface area (Å²) in [7, 11) is 0.935. The molecule has 0 bridgehead atoms. The fourth-order valence-electron chi connectivity index (χ4n) is 1.03. The van der Waals surface area contributed by atoms with Gasteiger partial charge in [0.2, 0.25) is 0 Å². The summed E-state index contributed by atoms with van der Waals surface area (Å²) in [6.45, 7) is 9.68. The summed E-state index contributed by atoms with van der Waals surface area (Å²) in [4.78, 5) is 4.08. The lowest BCUT2D eigenvalue weighted by Gasteiger charge is -2.18. The summed E-state index contributed by atoms with van der Waals surface area (Å²) in [5, 5.41) is 6.32. The fraction of sp³-hybridized carbons (Fsp3) is 0.909. The van der Waals surface area contributed by atoms with Crippen LogP contribution >= 0.6 is 24.0 Å². The molecule has 0 fully saturated rings. The van der Waals surface area contributed by atoms with Crippen molar-refractivity contribution >= 4 is 40.7 Å². The van der Waals surface area contributed by atoms with Crippen LogP contribution in [0, 0.1) is 0 Å². The molecule has 0 saturated heterocycles. The van der Waals surface area contributed by atoms with E-state index in [1.807, 2.05) is 20.8 Å². The van der Waals surface area contributed by atoms with Crippen LogP contribution in [0.2, 0.25) is 0 Å². The molecule has 104 valence electrons. The Morgan fingerprint density at radius 3 is 2.18 bits per heavy atom. The Morgan fingerprint density at radius 2 is 1.76 bits per heavy atom. The fourth-order valence-corrected chi connectivity index (χ4v) is 1.93. The van der Waals surface area contributed by atoms with Crippen molar-refractivity contribution in [2.45, 2.75) is 38.9 Å². The maximum Gasteiger partial charge on any atom is 0.191 e. The molecular weight excluding hydrogens is 349 g/mol. The Hall–Kier alpha value is 0.150. The molecule has 2 N–H and O–H groups in total. The average Bonchev–Trinajstić information content (AvgIpc) is 2.21. The molecule has 0 heterocycles. The standard InChI is InChI=1S/C11H25N3OS.HI/c1-6-7-13-10(12-5)14-8-9-16(15)11(2,3)4;/h6-9H2,1-5H3,(H2,12,13,14);1H. The highest BCUT2D eigenvalue weighted by Crippen LogP contribution is 2.10. The number of nitrogens with zero attached hydrogens (tertiary/aromatic N) is 1. The first kappa shape index (κ1) is 19.5. The van der Waals surface area contributed by atoms with Crippen LogP contribution in [-0.4, -0.2) is 40.8 Å². The van der Waals surface area contributed by atoms with E-state index in [2.05, 4.69) is 22.5 Å². The number of rotatable bonds is 5. The van der Waals surface area contributed by atoms with Gasteiger partial charge >= 0.3 is 0 Å². The van der Waals surface area contributed by atoms with E-state index in [-0.39, 0.29) is 28.7 Å². The Balaban J connectivity index is 0. The summed E-state index contributed by atoms with van der Waals surface area (Å²) in [5.41, 5.74) is 0. The molecule has 0 spiro atoms. The minimum atomic E-state index is -0.807. The molecule has 0 aromatic rings. The third-order valence-electron chi connectivity index (χ3n) is 2.03. The Labute approximate surface area is 125 Å². The van der Waals surface area contributed by atoms with Gasteiger partial charge in [0.15, 0.2) is 5.96 Å². The van der Waals surface area contributed by atoms with E-state index in [4.69, 9.17) is 0 Å². The van der Waals surface area contributed by atoms with Gasteiger partial charge in [0.05, 0.1) is 0 Å². The Morgan fingerprint density at radius 1 is 1.24 bits per heavy atom. The molecule has 6 heteroatoms. The van der Waals surface area contributed by atoms with E-state index >= 15 is 0 Å². The van der Waals surface area contributed by atoms with E-state index < -0.39 is 10.8 Å². The lowest BCUT2D eigenvalue weighted by molar-refractivity contribution is 0.647. The highest BCUT2D eigenvalue weighted by molar-refractivity contribution is 14.0. The van der Waals surface area contributed by atoms with E-state index in [0.29, 0.717) is 12.3 Å². The van der Waals surface area contributed by atoms with E-state index in [9.17, 15) is 4.21 Å². The van der Waals surface area contributed by atoms with Gasteiger partial charge in [-0.25, -0.2) is 0 Å². The Kier molecular flexibility index (Phi) is 11.6. The SMILES string of the molecule is CCCNC(=NC)NCCS(=O)C(C)(C)C.I. The zero-order valence-electron chi connectivity index (χ0n) is 11.5. The minimum absolute atomic E-state index is 0. The van der Waals surface area contributed by atoms with Crippen molar-refractivity contribution in [3.05, 3.63) is 0 Å².